The van der Waals surface area contributed by atoms with Crippen LogP contribution in [0.3, 0.4) is 0 Å². The first-order valence-corrected chi connectivity index (χ1v) is 9.48. The highest BCUT2D eigenvalue weighted by Gasteiger charge is 2.35. The first-order chi connectivity index (χ1) is 10.8. The molecule has 24 heavy (non-hydrogen) atoms. The summed E-state index contributed by atoms with van der Waals surface area (Å²) in [5.74, 6) is -0.217. The lowest BCUT2D eigenvalue weighted by Crippen LogP contribution is -2.47. The van der Waals surface area contributed by atoms with Crippen LogP contribution in [0.4, 0.5) is 5.69 Å². The van der Waals surface area contributed by atoms with E-state index in [1.165, 1.54) is 13.0 Å². The highest BCUT2D eigenvalue weighted by atomic mass is 35.5. The Morgan fingerprint density at radius 1 is 1.21 bits per heavy atom. The molecule has 0 radical (unpaired) electrons. The highest BCUT2D eigenvalue weighted by Crippen LogP contribution is 2.28. The number of sulfonamides is 1. The van der Waals surface area contributed by atoms with Crippen LogP contribution in [0.2, 0.25) is 0 Å². The zero-order chi connectivity index (χ0) is 16.6. The molecule has 3 N–H and O–H groups in total. The Hall–Kier alpha value is -1.15. The fourth-order valence-electron chi connectivity index (χ4n) is 3.53. The van der Waals surface area contributed by atoms with Crippen LogP contribution >= 0.6 is 12.4 Å². The molecule has 2 saturated heterocycles. The summed E-state index contributed by atoms with van der Waals surface area (Å²) in [5, 5.41) is 6.17. The van der Waals surface area contributed by atoms with E-state index in [1.54, 1.807) is 12.1 Å². The van der Waals surface area contributed by atoms with Crippen molar-refractivity contribution in [1.29, 1.82) is 0 Å². The maximum Gasteiger partial charge on any atom is 0.240 e. The molecule has 2 bridgehead atoms. The number of hydrogen-bond donors (Lipinski definition) is 3. The van der Waals surface area contributed by atoms with Gasteiger partial charge >= 0.3 is 0 Å². The number of piperidine rings is 1. The van der Waals surface area contributed by atoms with Gasteiger partial charge in [0.2, 0.25) is 15.9 Å². The number of rotatable bonds is 4. The predicted molar refractivity (Wildman–Crippen MR) is 96.0 cm³/mol. The van der Waals surface area contributed by atoms with E-state index < -0.39 is 10.0 Å². The van der Waals surface area contributed by atoms with Crippen LogP contribution in [0.5, 0.6) is 0 Å². The molecule has 0 saturated carbocycles. The maximum atomic E-state index is 12.6. The molecule has 2 unspecified atom stereocenters. The molecular formula is C16H24ClN3O3S. The Kier molecular flexibility index (Phi) is 5.91. The Balaban J connectivity index is 0.00000208. The number of fused-ring (bicyclic) bond motifs is 2. The summed E-state index contributed by atoms with van der Waals surface area (Å²) in [7, 11) is -3.58. The first-order valence-electron chi connectivity index (χ1n) is 8.00. The molecule has 1 amide bonds. The van der Waals surface area contributed by atoms with E-state index in [0.29, 0.717) is 17.8 Å². The van der Waals surface area contributed by atoms with Crippen LogP contribution in [0, 0.1) is 6.92 Å². The molecule has 134 valence electrons. The van der Waals surface area contributed by atoms with Crippen molar-refractivity contribution >= 4 is 34.0 Å². The largest absolute Gasteiger partial charge is 0.326 e. The summed E-state index contributed by atoms with van der Waals surface area (Å²) in [4.78, 5) is 11.4. The van der Waals surface area contributed by atoms with E-state index in [1.807, 2.05) is 6.92 Å². The van der Waals surface area contributed by atoms with Gasteiger partial charge in [-0.3, -0.25) is 4.79 Å². The Bertz CT molecular complexity index is 711. The van der Waals surface area contributed by atoms with Gasteiger partial charge in [0.1, 0.15) is 0 Å². The molecule has 2 fully saturated rings. The molecule has 6 nitrogen and oxygen atoms in total. The van der Waals surface area contributed by atoms with E-state index in [-0.39, 0.29) is 29.3 Å². The van der Waals surface area contributed by atoms with E-state index in [9.17, 15) is 13.2 Å². The smallest absolute Gasteiger partial charge is 0.240 e. The Morgan fingerprint density at radius 3 is 2.42 bits per heavy atom. The summed E-state index contributed by atoms with van der Waals surface area (Å²) >= 11 is 0. The molecule has 1 aromatic rings. The van der Waals surface area contributed by atoms with Gasteiger partial charge in [-0.2, -0.15) is 0 Å². The number of hydrogen-bond acceptors (Lipinski definition) is 4. The van der Waals surface area contributed by atoms with Gasteiger partial charge < -0.3 is 10.6 Å². The van der Waals surface area contributed by atoms with Crippen LogP contribution in [0.1, 0.15) is 38.2 Å². The molecule has 0 aliphatic carbocycles. The van der Waals surface area contributed by atoms with Gasteiger partial charge in [0, 0.05) is 30.7 Å². The van der Waals surface area contributed by atoms with Gasteiger partial charge in [0.15, 0.2) is 0 Å². The lowest BCUT2D eigenvalue weighted by molar-refractivity contribution is -0.114. The number of nitrogens with one attached hydrogen (secondary N) is 3. The third-order valence-corrected chi connectivity index (χ3v) is 6.14. The fourth-order valence-corrected chi connectivity index (χ4v) is 4.82. The molecule has 1 aromatic carbocycles. The average Bonchev–Trinajstić information content (AvgIpc) is 2.79. The Labute approximate surface area is 149 Å². The third kappa shape index (κ3) is 4.27. The standard InChI is InChI=1S/C16H23N3O3S.ClH/c1-10-3-6-15(9-16(10)17-11(2)20)23(21,22)19-14-7-12-4-5-13(8-14)18-12;/h3,6,9,12-14,18-19H,4-5,7-8H2,1-2H3,(H,17,20);1H. The molecule has 8 heteroatoms. The number of aryl methyl sites for hydroxylation is 1. The molecular weight excluding hydrogens is 350 g/mol. The minimum atomic E-state index is -3.58. The minimum Gasteiger partial charge on any atom is -0.326 e. The predicted octanol–water partition coefficient (Wildman–Crippen LogP) is 1.94. The van der Waals surface area contributed by atoms with E-state index in [2.05, 4.69) is 15.4 Å². The third-order valence-electron chi connectivity index (χ3n) is 4.62. The fraction of sp³-hybridized carbons (Fsp3) is 0.562. The summed E-state index contributed by atoms with van der Waals surface area (Å²) in [6, 6.07) is 5.65. The van der Waals surface area contributed by atoms with Crippen molar-refractivity contribution in [2.45, 2.75) is 62.6 Å². The van der Waals surface area contributed by atoms with Crippen LogP contribution in [0.25, 0.3) is 0 Å². The average molecular weight is 374 g/mol. The number of carbonyl (C=O) groups is 1. The van der Waals surface area contributed by atoms with E-state index in [4.69, 9.17) is 0 Å². The summed E-state index contributed by atoms with van der Waals surface area (Å²) in [6.45, 7) is 3.24. The van der Waals surface area contributed by atoms with Crippen molar-refractivity contribution in [2.24, 2.45) is 0 Å². The normalized spacial score (nSPS) is 25.8. The van der Waals surface area contributed by atoms with Crippen LogP contribution in [-0.2, 0) is 14.8 Å². The molecule has 2 aliphatic heterocycles. The molecule has 2 heterocycles. The number of halogens is 1. The van der Waals surface area contributed by atoms with Gasteiger partial charge in [-0.1, -0.05) is 6.07 Å². The minimum absolute atomic E-state index is 0. The van der Waals surface area contributed by atoms with E-state index >= 15 is 0 Å². The quantitative estimate of drug-likeness (QED) is 0.752. The molecule has 2 atom stereocenters. The van der Waals surface area contributed by atoms with Crippen molar-refractivity contribution < 1.29 is 13.2 Å². The second kappa shape index (κ2) is 7.39. The number of amides is 1. The lowest BCUT2D eigenvalue weighted by atomic mass is 10.0. The summed E-state index contributed by atoms with van der Waals surface area (Å²) < 4.78 is 28.1. The monoisotopic (exact) mass is 373 g/mol. The Morgan fingerprint density at radius 2 is 1.83 bits per heavy atom. The molecule has 3 rings (SSSR count). The molecule has 0 spiro atoms. The topological polar surface area (TPSA) is 87.3 Å². The number of anilines is 1. The van der Waals surface area contributed by atoms with Gasteiger partial charge in [-0.05, 0) is 50.3 Å². The SMILES string of the molecule is CC(=O)Nc1cc(S(=O)(=O)NC2CC3CCC(C2)N3)ccc1C.Cl. The van der Waals surface area contributed by atoms with Gasteiger partial charge in [-0.15, -0.1) is 12.4 Å². The van der Waals surface area contributed by atoms with Crippen LogP contribution in [-0.4, -0.2) is 32.5 Å². The van der Waals surface area contributed by atoms with Crippen molar-refractivity contribution in [3.63, 3.8) is 0 Å². The number of carbonyl (C=O) groups excluding carboxylic acids is 1. The summed E-state index contributed by atoms with van der Waals surface area (Å²) in [6.07, 6.45) is 3.92. The van der Waals surface area contributed by atoms with Gasteiger partial charge in [-0.25, -0.2) is 13.1 Å². The van der Waals surface area contributed by atoms with Crippen LogP contribution < -0.4 is 15.4 Å². The molecule has 2 aliphatic rings. The van der Waals surface area contributed by atoms with E-state index in [0.717, 1.165) is 31.2 Å². The summed E-state index contributed by atoms with van der Waals surface area (Å²) in [5.41, 5.74) is 1.37. The number of benzene rings is 1. The van der Waals surface area contributed by atoms with Crippen LogP contribution in [0.15, 0.2) is 23.1 Å². The maximum absolute atomic E-state index is 12.6. The lowest BCUT2D eigenvalue weighted by Gasteiger charge is -2.29. The zero-order valence-electron chi connectivity index (χ0n) is 13.8. The van der Waals surface area contributed by atoms with Gasteiger partial charge in [0.25, 0.3) is 0 Å². The zero-order valence-corrected chi connectivity index (χ0v) is 15.5. The second-order valence-electron chi connectivity index (χ2n) is 6.59. The van der Waals surface area contributed by atoms with Crippen molar-refractivity contribution in [3.8, 4) is 0 Å². The molecule has 0 aromatic heterocycles. The van der Waals surface area contributed by atoms with Crippen molar-refractivity contribution in [2.75, 3.05) is 5.32 Å². The highest BCUT2D eigenvalue weighted by molar-refractivity contribution is 7.89. The van der Waals surface area contributed by atoms with Gasteiger partial charge in [0.05, 0.1) is 4.90 Å². The van der Waals surface area contributed by atoms with Crippen molar-refractivity contribution in [3.05, 3.63) is 23.8 Å². The second-order valence-corrected chi connectivity index (χ2v) is 8.30. The van der Waals surface area contributed by atoms with Crippen molar-refractivity contribution in [1.82, 2.24) is 10.0 Å². The first kappa shape index (κ1) is 19.2.